The van der Waals surface area contributed by atoms with Gasteiger partial charge in [-0.05, 0) is 51.0 Å². The number of hydrogen-bond donors (Lipinski definition) is 1. The molecule has 3 aromatic heterocycles. The molecule has 0 aliphatic heterocycles. The predicted molar refractivity (Wildman–Crippen MR) is 116 cm³/mol. The molecule has 1 aromatic carbocycles. The molecule has 4 aromatic rings. The maximum absolute atomic E-state index is 13.3. The number of aryl methyl sites for hydroxylation is 1. The third-order valence-corrected chi connectivity index (χ3v) is 5.31. The van der Waals surface area contributed by atoms with E-state index >= 15 is 0 Å². The summed E-state index contributed by atoms with van der Waals surface area (Å²) in [5, 5.41) is 6.81. The first kappa shape index (κ1) is 20.2. The van der Waals surface area contributed by atoms with Crippen molar-refractivity contribution in [2.45, 2.75) is 45.4 Å². The van der Waals surface area contributed by atoms with Crippen LogP contribution in [-0.2, 0) is 0 Å². The van der Waals surface area contributed by atoms with Gasteiger partial charge in [-0.3, -0.25) is 9.20 Å². The van der Waals surface area contributed by atoms with E-state index in [0.717, 1.165) is 5.56 Å². The second-order valence-corrected chi connectivity index (χ2v) is 8.20. The summed E-state index contributed by atoms with van der Waals surface area (Å²) in [6.45, 7) is 5.79. The van der Waals surface area contributed by atoms with Gasteiger partial charge in [0.2, 0.25) is 0 Å². The zero-order valence-corrected chi connectivity index (χ0v) is 17.9. The van der Waals surface area contributed by atoms with Crippen LogP contribution in [0.1, 0.15) is 48.1 Å². The van der Waals surface area contributed by atoms with Crippen LogP contribution >= 0.6 is 0 Å². The molecule has 1 N–H and O–H groups in total. The van der Waals surface area contributed by atoms with Crippen molar-refractivity contribution in [3.05, 3.63) is 59.8 Å². The molecule has 8 nitrogen and oxygen atoms in total. The van der Waals surface area contributed by atoms with Gasteiger partial charge in [-0.2, -0.15) is 4.98 Å². The molecule has 1 aliphatic carbocycles. The highest BCUT2D eigenvalue weighted by atomic mass is 19.1. The molecular weight excluding hydrogens is 413 g/mol. The monoisotopic (exact) mass is 435 g/mol. The van der Waals surface area contributed by atoms with Gasteiger partial charge in [0.05, 0.1) is 18.2 Å². The highest BCUT2D eigenvalue weighted by Crippen LogP contribution is 2.42. The molecule has 0 radical (unpaired) electrons. The van der Waals surface area contributed by atoms with Gasteiger partial charge in [-0.15, -0.1) is 0 Å². The normalized spacial score (nSPS) is 17.7. The number of hydrogen-bond acceptors (Lipinski definition) is 6. The standard InChI is InChI=1S/C23H22FN5O3/c1-12(2)31-15-6-7-29-19(11-25-20(29)9-15)22(30)26-18-8-14(5-4-13(18)3)23-27-21(28-32-23)16-10-17(16)24/h4-9,11-12,16-17H,10H2,1-3H3,(H,26,30)/t16-,17-/m0/s1. The van der Waals surface area contributed by atoms with Gasteiger partial charge in [-0.25, -0.2) is 9.37 Å². The minimum atomic E-state index is -0.896. The lowest BCUT2D eigenvalue weighted by Crippen LogP contribution is -2.15. The zero-order chi connectivity index (χ0) is 22.4. The summed E-state index contributed by atoms with van der Waals surface area (Å²) in [6, 6.07) is 9.03. The average Bonchev–Trinajstić information content (AvgIpc) is 3.15. The predicted octanol–water partition coefficient (Wildman–Crippen LogP) is 4.56. The number of carbonyl (C=O) groups excluding carboxylic acids is 1. The van der Waals surface area contributed by atoms with E-state index in [1.54, 1.807) is 28.8 Å². The molecule has 0 bridgehead atoms. The number of alkyl halides is 1. The van der Waals surface area contributed by atoms with E-state index in [0.29, 0.717) is 46.5 Å². The number of pyridine rings is 1. The van der Waals surface area contributed by atoms with Gasteiger partial charge in [0.15, 0.2) is 5.82 Å². The number of nitrogens with zero attached hydrogens (tertiary/aromatic N) is 4. The number of rotatable bonds is 6. The Labute approximate surface area is 183 Å². The summed E-state index contributed by atoms with van der Waals surface area (Å²) in [7, 11) is 0. The number of carbonyl (C=O) groups is 1. The van der Waals surface area contributed by atoms with Crippen LogP contribution in [0.15, 0.2) is 47.2 Å². The van der Waals surface area contributed by atoms with E-state index in [2.05, 4.69) is 20.4 Å². The third kappa shape index (κ3) is 3.81. The van der Waals surface area contributed by atoms with Gasteiger partial charge in [0, 0.05) is 23.5 Å². The first-order chi connectivity index (χ1) is 15.4. The molecule has 0 spiro atoms. The third-order valence-electron chi connectivity index (χ3n) is 5.31. The minimum Gasteiger partial charge on any atom is -0.491 e. The van der Waals surface area contributed by atoms with Crippen LogP contribution in [0.4, 0.5) is 10.1 Å². The second kappa shape index (κ2) is 7.74. The van der Waals surface area contributed by atoms with Gasteiger partial charge in [0.25, 0.3) is 11.8 Å². The van der Waals surface area contributed by atoms with Crippen molar-refractivity contribution in [1.29, 1.82) is 0 Å². The van der Waals surface area contributed by atoms with Crippen molar-refractivity contribution in [3.63, 3.8) is 0 Å². The highest BCUT2D eigenvalue weighted by Gasteiger charge is 2.42. The summed E-state index contributed by atoms with van der Waals surface area (Å²) in [5.74, 6) is 0.781. The van der Waals surface area contributed by atoms with Crippen molar-refractivity contribution in [1.82, 2.24) is 19.5 Å². The Kier molecular flexibility index (Phi) is 4.88. The van der Waals surface area contributed by atoms with Crippen LogP contribution in [0.2, 0.25) is 0 Å². The summed E-state index contributed by atoms with van der Waals surface area (Å²) in [6.07, 6.45) is 2.86. The Bertz CT molecular complexity index is 1310. The molecule has 164 valence electrons. The van der Waals surface area contributed by atoms with Crippen LogP contribution in [0.3, 0.4) is 0 Å². The molecule has 1 aliphatic rings. The van der Waals surface area contributed by atoms with Crippen LogP contribution < -0.4 is 10.1 Å². The maximum Gasteiger partial charge on any atom is 0.274 e. The van der Waals surface area contributed by atoms with E-state index < -0.39 is 6.17 Å². The molecule has 1 saturated carbocycles. The fourth-order valence-corrected chi connectivity index (χ4v) is 3.49. The fraction of sp³-hybridized carbons (Fsp3) is 0.304. The van der Waals surface area contributed by atoms with E-state index in [9.17, 15) is 9.18 Å². The summed E-state index contributed by atoms with van der Waals surface area (Å²) in [5.41, 5.74) is 3.13. The Morgan fingerprint density at radius 2 is 2.12 bits per heavy atom. The zero-order valence-electron chi connectivity index (χ0n) is 17.9. The van der Waals surface area contributed by atoms with Gasteiger partial charge < -0.3 is 14.6 Å². The first-order valence-electron chi connectivity index (χ1n) is 10.4. The largest absolute Gasteiger partial charge is 0.491 e. The van der Waals surface area contributed by atoms with Crippen molar-refractivity contribution in [2.75, 3.05) is 5.32 Å². The van der Waals surface area contributed by atoms with Crippen molar-refractivity contribution in [2.24, 2.45) is 0 Å². The molecule has 5 rings (SSSR count). The number of fused-ring (bicyclic) bond motifs is 1. The average molecular weight is 435 g/mol. The Balaban J connectivity index is 1.38. The van der Waals surface area contributed by atoms with E-state index in [4.69, 9.17) is 9.26 Å². The van der Waals surface area contributed by atoms with Crippen molar-refractivity contribution >= 4 is 17.2 Å². The molecule has 0 saturated heterocycles. The lowest BCUT2D eigenvalue weighted by atomic mass is 10.1. The number of anilines is 1. The van der Waals surface area contributed by atoms with Gasteiger partial charge >= 0.3 is 0 Å². The number of ether oxygens (including phenoxy) is 1. The van der Waals surface area contributed by atoms with E-state index in [-0.39, 0.29) is 17.9 Å². The number of benzene rings is 1. The van der Waals surface area contributed by atoms with Crippen LogP contribution in [0.5, 0.6) is 5.75 Å². The quantitative estimate of drug-likeness (QED) is 0.477. The van der Waals surface area contributed by atoms with E-state index in [1.807, 2.05) is 32.9 Å². The number of aromatic nitrogens is 4. The fourth-order valence-electron chi connectivity index (χ4n) is 3.49. The van der Waals surface area contributed by atoms with Crippen molar-refractivity contribution in [3.8, 4) is 17.2 Å². The SMILES string of the molecule is Cc1ccc(-c2nc([C@H]3C[C@@H]3F)no2)cc1NC(=O)c1cnc2cc(OC(C)C)ccn12. The second-order valence-electron chi connectivity index (χ2n) is 8.20. The lowest BCUT2D eigenvalue weighted by molar-refractivity contribution is 0.102. The maximum atomic E-state index is 13.3. The first-order valence-corrected chi connectivity index (χ1v) is 10.4. The summed E-state index contributed by atoms with van der Waals surface area (Å²) < 4.78 is 26.0. The number of halogens is 1. The van der Waals surface area contributed by atoms with E-state index in [1.165, 1.54) is 6.20 Å². The smallest absolute Gasteiger partial charge is 0.274 e. The number of amides is 1. The molecule has 1 amide bonds. The molecular formula is C23H22FN5O3. The number of imidazole rings is 1. The molecule has 9 heteroatoms. The number of nitrogens with one attached hydrogen (secondary N) is 1. The Hall–Kier alpha value is -3.75. The van der Waals surface area contributed by atoms with Crippen LogP contribution in [0.25, 0.3) is 17.1 Å². The van der Waals surface area contributed by atoms with Gasteiger partial charge in [0.1, 0.15) is 23.3 Å². The minimum absolute atomic E-state index is 0.0445. The molecule has 0 unspecified atom stereocenters. The topological polar surface area (TPSA) is 94.6 Å². The highest BCUT2D eigenvalue weighted by molar-refractivity contribution is 6.04. The Morgan fingerprint density at radius 1 is 1.31 bits per heavy atom. The summed E-state index contributed by atoms with van der Waals surface area (Å²) in [4.78, 5) is 21.6. The van der Waals surface area contributed by atoms with Crippen LogP contribution in [-0.4, -0.2) is 37.7 Å². The van der Waals surface area contributed by atoms with Gasteiger partial charge in [-0.1, -0.05) is 11.2 Å². The molecule has 2 atom stereocenters. The Morgan fingerprint density at radius 3 is 2.88 bits per heavy atom. The molecule has 3 heterocycles. The lowest BCUT2D eigenvalue weighted by Gasteiger charge is -2.11. The molecule has 1 fully saturated rings. The summed E-state index contributed by atoms with van der Waals surface area (Å²) >= 11 is 0. The van der Waals surface area contributed by atoms with Crippen molar-refractivity contribution < 1.29 is 18.4 Å². The van der Waals surface area contributed by atoms with Crippen LogP contribution in [0, 0.1) is 6.92 Å². The molecule has 32 heavy (non-hydrogen) atoms.